The molecule has 0 saturated carbocycles. The number of hydrogen-bond donors (Lipinski definition) is 1. The Balaban J connectivity index is 2.10. The Morgan fingerprint density at radius 2 is 2.00 bits per heavy atom. The average molecular weight is 244 g/mol. The van der Waals surface area contributed by atoms with Gasteiger partial charge in [0.05, 0.1) is 23.0 Å². The minimum Gasteiger partial charge on any atom is -0.397 e. The van der Waals surface area contributed by atoms with Crippen LogP contribution in [0.1, 0.15) is 12.5 Å². The number of carbonyl (C=O) groups excluding carboxylic acids is 1. The number of amides is 1. The molecule has 18 heavy (non-hydrogen) atoms. The van der Waals surface area contributed by atoms with Gasteiger partial charge in [-0.2, -0.15) is 5.26 Å². The minimum atomic E-state index is 0.113. The van der Waals surface area contributed by atoms with Crippen molar-refractivity contribution in [2.75, 3.05) is 36.8 Å². The second kappa shape index (κ2) is 4.96. The van der Waals surface area contributed by atoms with E-state index in [1.54, 1.807) is 19.1 Å². The van der Waals surface area contributed by atoms with E-state index in [9.17, 15) is 4.79 Å². The highest BCUT2D eigenvalue weighted by atomic mass is 16.2. The largest absolute Gasteiger partial charge is 0.397 e. The zero-order valence-corrected chi connectivity index (χ0v) is 10.4. The Hall–Kier alpha value is -2.22. The van der Waals surface area contributed by atoms with Gasteiger partial charge in [0.2, 0.25) is 5.91 Å². The molecule has 0 unspecified atom stereocenters. The second-order valence-electron chi connectivity index (χ2n) is 4.38. The van der Waals surface area contributed by atoms with Crippen molar-refractivity contribution in [3.05, 3.63) is 23.8 Å². The fraction of sp³-hybridized carbons (Fsp3) is 0.385. The van der Waals surface area contributed by atoms with Crippen LogP contribution in [0.15, 0.2) is 18.2 Å². The second-order valence-corrected chi connectivity index (χ2v) is 4.38. The van der Waals surface area contributed by atoms with Crippen LogP contribution >= 0.6 is 0 Å². The van der Waals surface area contributed by atoms with Crippen LogP contribution in [0.2, 0.25) is 0 Å². The topological polar surface area (TPSA) is 73.4 Å². The highest BCUT2D eigenvalue weighted by Gasteiger charge is 2.19. The highest BCUT2D eigenvalue weighted by Crippen LogP contribution is 2.25. The van der Waals surface area contributed by atoms with Gasteiger partial charge >= 0.3 is 0 Å². The maximum Gasteiger partial charge on any atom is 0.219 e. The van der Waals surface area contributed by atoms with E-state index in [2.05, 4.69) is 11.0 Å². The van der Waals surface area contributed by atoms with E-state index in [1.807, 2.05) is 11.0 Å². The number of nitrogens with two attached hydrogens (primary N) is 1. The standard InChI is InChI=1S/C13H16N4O/c1-10(18)16-4-6-17(7-5-16)13-3-2-11(9-14)8-12(13)15/h2-3,8H,4-7,15H2,1H3. The first-order chi connectivity index (χ1) is 8.61. The molecule has 2 N–H and O–H groups in total. The summed E-state index contributed by atoms with van der Waals surface area (Å²) in [4.78, 5) is 15.2. The minimum absolute atomic E-state index is 0.113. The lowest BCUT2D eigenvalue weighted by molar-refractivity contribution is -0.129. The van der Waals surface area contributed by atoms with Crippen LogP contribution in [0.5, 0.6) is 0 Å². The van der Waals surface area contributed by atoms with Gasteiger partial charge in [-0.1, -0.05) is 0 Å². The van der Waals surface area contributed by atoms with E-state index in [0.29, 0.717) is 11.3 Å². The molecule has 0 radical (unpaired) electrons. The first-order valence-corrected chi connectivity index (χ1v) is 5.92. The molecule has 0 bridgehead atoms. The summed E-state index contributed by atoms with van der Waals surface area (Å²) < 4.78 is 0. The van der Waals surface area contributed by atoms with Gasteiger partial charge in [-0.3, -0.25) is 4.79 Å². The summed E-state index contributed by atoms with van der Waals surface area (Å²) in [5.74, 6) is 0.113. The number of nitrogens with zero attached hydrogens (tertiary/aromatic N) is 3. The van der Waals surface area contributed by atoms with Gasteiger partial charge in [0.15, 0.2) is 0 Å². The van der Waals surface area contributed by atoms with Crippen molar-refractivity contribution in [1.29, 1.82) is 5.26 Å². The summed E-state index contributed by atoms with van der Waals surface area (Å²) in [6.07, 6.45) is 0. The molecule has 2 rings (SSSR count). The summed E-state index contributed by atoms with van der Waals surface area (Å²) >= 11 is 0. The molecule has 0 atom stereocenters. The van der Waals surface area contributed by atoms with Crippen molar-refractivity contribution in [1.82, 2.24) is 4.90 Å². The van der Waals surface area contributed by atoms with Crippen LogP contribution in [0.25, 0.3) is 0 Å². The maximum absolute atomic E-state index is 11.2. The fourth-order valence-corrected chi connectivity index (χ4v) is 2.17. The Kier molecular flexibility index (Phi) is 3.38. The molecule has 0 aromatic heterocycles. The van der Waals surface area contributed by atoms with E-state index in [1.165, 1.54) is 0 Å². The number of carbonyl (C=O) groups is 1. The SMILES string of the molecule is CC(=O)N1CCN(c2ccc(C#N)cc2N)CC1. The van der Waals surface area contributed by atoms with Crippen LogP contribution in [0, 0.1) is 11.3 Å². The Labute approximate surface area is 106 Å². The first-order valence-electron chi connectivity index (χ1n) is 5.92. The van der Waals surface area contributed by atoms with Gasteiger partial charge in [-0.15, -0.1) is 0 Å². The molecule has 1 amide bonds. The van der Waals surface area contributed by atoms with Crippen molar-refractivity contribution >= 4 is 17.3 Å². The number of rotatable bonds is 1. The molecule has 94 valence electrons. The van der Waals surface area contributed by atoms with Crippen LogP contribution in [-0.2, 0) is 4.79 Å². The van der Waals surface area contributed by atoms with Gasteiger partial charge < -0.3 is 15.5 Å². The summed E-state index contributed by atoms with van der Waals surface area (Å²) in [5, 5.41) is 8.80. The fourth-order valence-electron chi connectivity index (χ4n) is 2.17. The third-order valence-corrected chi connectivity index (χ3v) is 3.22. The van der Waals surface area contributed by atoms with E-state index in [4.69, 9.17) is 11.0 Å². The Morgan fingerprint density at radius 3 is 2.50 bits per heavy atom. The third-order valence-electron chi connectivity index (χ3n) is 3.22. The monoisotopic (exact) mass is 244 g/mol. The Morgan fingerprint density at radius 1 is 1.33 bits per heavy atom. The van der Waals surface area contributed by atoms with Crippen molar-refractivity contribution in [2.24, 2.45) is 0 Å². The van der Waals surface area contributed by atoms with Crippen molar-refractivity contribution in [2.45, 2.75) is 6.92 Å². The molecular formula is C13H16N4O. The molecular weight excluding hydrogens is 228 g/mol. The molecule has 0 spiro atoms. The predicted molar refractivity (Wildman–Crippen MR) is 70.0 cm³/mol. The lowest BCUT2D eigenvalue weighted by Crippen LogP contribution is -2.48. The molecule has 1 saturated heterocycles. The van der Waals surface area contributed by atoms with E-state index >= 15 is 0 Å². The summed E-state index contributed by atoms with van der Waals surface area (Å²) in [5.41, 5.74) is 8.07. The number of nitrogen functional groups attached to an aromatic ring is 1. The molecule has 1 aromatic carbocycles. The number of anilines is 2. The quantitative estimate of drug-likeness (QED) is 0.742. The van der Waals surface area contributed by atoms with Crippen LogP contribution in [0.4, 0.5) is 11.4 Å². The molecule has 1 heterocycles. The van der Waals surface area contributed by atoms with Crippen molar-refractivity contribution in [3.63, 3.8) is 0 Å². The van der Waals surface area contributed by atoms with Gasteiger partial charge in [0.25, 0.3) is 0 Å². The van der Waals surface area contributed by atoms with Crippen LogP contribution in [-0.4, -0.2) is 37.0 Å². The third kappa shape index (κ3) is 2.38. The van der Waals surface area contributed by atoms with E-state index < -0.39 is 0 Å². The molecule has 5 nitrogen and oxygen atoms in total. The van der Waals surface area contributed by atoms with Gasteiger partial charge in [0, 0.05) is 33.1 Å². The number of benzene rings is 1. The molecule has 1 aromatic rings. The first kappa shape index (κ1) is 12.2. The Bertz CT molecular complexity index is 498. The lowest BCUT2D eigenvalue weighted by atomic mass is 10.1. The van der Waals surface area contributed by atoms with E-state index in [0.717, 1.165) is 31.9 Å². The van der Waals surface area contributed by atoms with Gasteiger partial charge in [-0.05, 0) is 18.2 Å². The van der Waals surface area contributed by atoms with E-state index in [-0.39, 0.29) is 5.91 Å². The normalized spacial score (nSPS) is 15.3. The molecule has 5 heteroatoms. The summed E-state index contributed by atoms with van der Waals surface area (Å²) in [7, 11) is 0. The highest BCUT2D eigenvalue weighted by molar-refractivity contribution is 5.74. The summed E-state index contributed by atoms with van der Waals surface area (Å²) in [6, 6.07) is 7.39. The molecule has 1 fully saturated rings. The number of piperazine rings is 1. The van der Waals surface area contributed by atoms with Crippen LogP contribution in [0.3, 0.4) is 0 Å². The van der Waals surface area contributed by atoms with Crippen LogP contribution < -0.4 is 10.6 Å². The summed E-state index contributed by atoms with van der Waals surface area (Å²) in [6.45, 7) is 4.57. The van der Waals surface area contributed by atoms with Crippen molar-refractivity contribution < 1.29 is 4.79 Å². The van der Waals surface area contributed by atoms with Crippen molar-refractivity contribution in [3.8, 4) is 6.07 Å². The molecule has 1 aliphatic rings. The zero-order valence-electron chi connectivity index (χ0n) is 10.4. The molecule has 0 aliphatic carbocycles. The number of nitriles is 1. The average Bonchev–Trinajstić information content (AvgIpc) is 2.38. The molecule has 1 aliphatic heterocycles. The van der Waals surface area contributed by atoms with Gasteiger partial charge in [-0.25, -0.2) is 0 Å². The smallest absolute Gasteiger partial charge is 0.219 e. The zero-order chi connectivity index (χ0) is 13.1. The lowest BCUT2D eigenvalue weighted by Gasteiger charge is -2.36. The van der Waals surface area contributed by atoms with Gasteiger partial charge in [0.1, 0.15) is 0 Å². The number of hydrogen-bond acceptors (Lipinski definition) is 4. The maximum atomic E-state index is 11.2. The predicted octanol–water partition coefficient (Wildman–Crippen LogP) is 0.809.